The van der Waals surface area contributed by atoms with Crippen LogP contribution in [-0.2, 0) is 20.9 Å². The molecule has 1 aromatic rings. The first-order valence-corrected chi connectivity index (χ1v) is 6.45. The van der Waals surface area contributed by atoms with Crippen molar-refractivity contribution < 1.29 is 23.9 Å². The van der Waals surface area contributed by atoms with Gasteiger partial charge in [-0.25, -0.2) is 9.86 Å². The van der Waals surface area contributed by atoms with E-state index in [1.807, 2.05) is 24.3 Å². The zero-order chi connectivity index (χ0) is 15.4. The molecule has 7 nitrogen and oxygen atoms in total. The number of hydrogen-bond acceptors (Lipinski definition) is 5. The van der Waals surface area contributed by atoms with Crippen molar-refractivity contribution in [3.63, 3.8) is 0 Å². The van der Waals surface area contributed by atoms with Crippen LogP contribution in [0.15, 0.2) is 24.3 Å². The normalized spacial score (nSPS) is 17.6. The summed E-state index contributed by atoms with van der Waals surface area (Å²) in [6.45, 7) is 0.584. The van der Waals surface area contributed by atoms with Crippen molar-refractivity contribution in [3.05, 3.63) is 29.8 Å². The summed E-state index contributed by atoms with van der Waals surface area (Å²) in [4.78, 5) is 30.0. The second-order valence-corrected chi connectivity index (χ2v) is 4.62. The van der Waals surface area contributed by atoms with Gasteiger partial charge in [-0.15, -0.1) is 0 Å². The molecule has 0 aromatic heterocycles. The fraction of sp³-hybridized carbons (Fsp3) is 0.429. The van der Waals surface area contributed by atoms with E-state index in [1.165, 1.54) is 19.1 Å². The minimum atomic E-state index is -0.833. The fourth-order valence-electron chi connectivity index (χ4n) is 2.01. The van der Waals surface area contributed by atoms with Gasteiger partial charge in [-0.1, -0.05) is 12.1 Å². The van der Waals surface area contributed by atoms with Crippen molar-refractivity contribution in [2.75, 3.05) is 27.8 Å². The molecule has 0 spiro atoms. The number of carbonyl (C=O) groups excluding carboxylic acids is 2. The molecule has 2 rings (SSSR count). The molecule has 0 saturated carbocycles. The van der Waals surface area contributed by atoms with Crippen LogP contribution in [0.2, 0.25) is 0 Å². The summed E-state index contributed by atoms with van der Waals surface area (Å²) in [6.07, 6.45) is -1.34. The van der Waals surface area contributed by atoms with Gasteiger partial charge in [0.05, 0.1) is 20.8 Å². The van der Waals surface area contributed by atoms with Gasteiger partial charge in [0.25, 0.3) is 5.91 Å². The number of hydrogen-bond donors (Lipinski definition) is 0. The number of hydroxylamine groups is 2. The van der Waals surface area contributed by atoms with E-state index in [2.05, 4.69) is 0 Å². The maximum atomic E-state index is 11.9. The third-order valence-electron chi connectivity index (χ3n) is 3.28. The molecule has 1 fully saturated rings. The summed E-state index contributed by atoms with van der Waals surface area (Å²) in [5.74, 6) is 0.362. The molecule has 1 saturated heterocycles. The van der Waals surface area contributed by atoms with Crippen LogP contribution in [0.4, 0.5) is 4.79 Å². The Balaban J connectivity index is 1.98. The number of carbonyl (C=O) groups is 2. The fourth-order valence-corrected chi connectivity index (χ4v) is 2.01. The Bertz CT molecular complexity index is 517. The summed E-state index contributed by atoms with van der Waals surface area (Å²) in [6, 6.07) is 7.36. The second kappa shape index (κ2) is 6.45. The average molecular weight is 294 g/mol. The molecule has 1 atom stereocenters. The highest BCUT2D eigenvalue weighted by Gasteiger charge is 2.37. The zero-order valence-electron chi connectivity index (χ0n) is 12.2. The van der Waals surface area contributed by atoms with Crippen LogP contribution in [-0.4, -0.2) is 55.9 Å². The highest BCUT2D eigenvalue weighted by molar-refractivity contribution is 5.85. The van der Waals surface area contributed by atoms with Crippen molar-refractivity contribution in [2.24, 2.45) is 0 Å². The van der Waals surface area contributed by atoms with E-state index < -0.39 is 12.2 Å². The van der Waals surface area contributed by atoms with Crippen molar-refractivity contribution in [3.8, 4) is 5.75 Å². The topological polar surface area (TPSA) is 68.3 Å². The summed E-state index contributed by atoms with van der Waals surface area (Å²) in [5.41, 5.74) is 0.931. The molecule has 1 aliphatic rings. The number of nitrogens with zero attached hydrogens (tertiary/aromatic N) is 2. The van der Waals surface area contributed by atoms with Gasteiger partial charge in [0.1, 0.15) is 5.75 Å². The monoisotopic (exact) mass is 294 g/mol. The van der Waals surface area contributed by atoms with Gasteiger partial charge in [0.15, 0.2) is 0 Å². The molecule has 1 unspecified atom stereocenters. The summed E-state index contributed by atoms with van der Waals surface area (Å²) < 4.78 is 10.1. The predicted molar refractivity (Wildman–Crippen MR) is 73.5 cm³/mol. The number of methoxy groups -OCH3 is 1. The maximum absolute atomic E-state index is 11.9. The van der Waals surface area contributed by atoms with Crippen LogP contribution in [0.3, 0.4) is 0 Å². The van der Waals surface area contributed by atoms with E-state index in [4.69, 9.17) is 14.3 Å². The molecule has 0 radical (unpaired) electrons. The van der Waals surface area contributed by atoms with Crippen LogP contribution in [0, 0.1) is 0 Å². The minimum Gasteiger partial charge on any atom is -0.497 e. The molecule has 114 valence electrons. The molecule has 0 N–H and O–H groups in total. The van der Waals surface area contributed by atoms with E-state index in [0.29, 0.717) is 6.54 Å². The SMILES string of the molecule is COc1ccc(CN2CC(C(=O)N(C)OC)OC2=O)cc1. The first-order valence-electron chi connectivity index (χ1n) is 6.45. The smallest absolute Gasteiger partial charge is 0.411 e. The van der Waals surface area contributed by atoms with E-state index in [-0.39, 0.29) is 12.5 Å². The Kier molecular flexibility index (Phi) is 4.64. The summed E-state index contributed by atoms with van der Waals surface area (Å²) >= 11 is 0. The van der Waals surface area contributed by atoms with Gasteiger partial charge in [0.2, 0.25) is 6.10 Å². The minimum absolute atomic E-state index is 0.206. The molecular formula is C14H18N2O5. The van der Waals surface area contributed by atoms with E-state index >= 15 is 0 Å². The Morgan fingerprint density at radius 1 is 1.38 bits per heavy atom. The van der Waals surface area contributed by atoms with E-state index in [1.54, 1.807) is 7.11 Å². The van der Waals surface area contributed by atoms with Gasteiger partial charge in [0, 0.05) is 13.6 Å². The molecule has 1 heterocycles. The molecule has 2 amide bonds. The Labute approximate surface area is 122 Å². The molecule has 1 aromatic carbocycles. The van der Waals surface area contributed by atoms with Gasteiger partial charge in [-0.05, 0) is 17.7 Å². The highest BCUT2D eigenvalue weighted by atomic mass is 16.7. The Hall–Kier alpha value is -2.28. The highest BCUT2D eigenvalue weighted by Crippen LogP contribution is 2.18. The lowest BCUT2D eigenvalue weighted by atomic mass is 10.2. The zero-order valence-corrected chi connectivity index (χ0v) is 12.2. The van der Waals surface area contributed by atoms with Gasteiger partial charge in [-0.2, -0.15) is 0 Å². The quantitative estimate of drug-likeness (QED) is 0.759. The Morgan fingerprint density at radius 2 is 2.05 bits per heavy atom. The predicted octanol–water partition coefficient (Wildman–Crippen LogP) is 1.04. The lowest BCUT2D eigenvalue weighted by Gasteiger charge is -2.17. The number of benzene rings is 1. The molecule has 1 aliphatic heterocycles. The van der Waals surface area contributed by atoms with Crippen LogP contribution in [0.25, 0.3) is 0 Å². The van der Waals surface area contributed by atoms with Crippen LogP contribution >= 0.6 is 0 Å². The first kappa shape index (κ1) is 15.1. The average Bonchev–Trinajstić information content (AvgIpc) is 2.87. The van der Waals surface area contributed by atoms with E-state index in [0.717, 1.165) is 16.4 Å². The van der Waals surface area contributed by atoms with Crippen LogP contribution < -0.4 is 4.74 Å². The number of rotatable bonds is 5. The molecule has 7 heteroatoms. The number of likely N-dealkylation sites (N-methyl/N-ethyl adjacent to an activating group) is 1. The number of ether oxygens (including phenoxy) is 2. The van der Waals surface area contributed by atoms with Crippen LogP contribution in [0.1, 0.15) is 5.56 Å². The van der Waals surface area contributed by atoms with Crippen LogP contribution in [0.5, 0.6) is 5.75 Å². The van der Waals surface area contributed by atoms with Crippen molar-refractivity contribution in [1.82, 2.24) is 9.96 Å². The standard InChI is InChI=1S/C14H18N2O5/c1-15(20-3)13(17)12-9-16(14(18)21-12)8-10-4-6-11(19-2)7-5-10/h4-7,12H,8-9H2,1-3H3. The number of cyclic esters (lactones) is 1. The van der Waals surface area contributed by atoms with Crippen molar-refractivity contribution in [2.45, 2.75) is 12.6 Å². The Morgan fingerprint density at radius 3 is 2.62 bits per heavy atom. The maximum Gasteiger partial charge on any atom is 0.411 e. The third kappa shape index (κ3) is 3.43. The molecule has 21 heavy (non-hydrogen) atoms. The summed E-state index contributed by atoms with van der Waals surface area (Å²) in [7, 11) is 4.45. The molecule has 0 bridgehead atoms. The number of amides is 2. The van der Waals surface area contributed by atoms with Crippen molar-refractivity contribution >= 4 is 12.0 Å². The summed E-state index contributed by atoms with van der Waals surface area (Å²) in [5, 5.41) is 1.05. The van der Waals surface area contributed by atoms with Crippen molar-refractivity contribution in [1.29, 1.82) is 0 Å². The lowest BCUT2D eigenvalue weighted by Crippen LogP contribution is -2.38. The third-order valence-corrected chi connectivity index (χ3v) is 3.28. The van der Waals surface area contributed by atoms with Gasteiger partial charge < -0.3 is 9.47 Å². The molecular weight excluding hydrogens is 276 g/mol. The van der Waals surface area contributed by atoms with Gasteiger partial charge >= 0.3 is 6.09 Å². The van der Waals surface area contributed by atoms with Gasteiger partial charge in [-0.3, -0.25) is 14.5 Å². The largest absolute Gasteiger partial charge is 0.497 e. The van der Waals surface area contributed by atoms with E-state index in [9.17, 15) is 9.59 Å². The molecule has 0 aliphatic carbocycles. The second-order valence-electron chi connectivity index (χ2n) is 4.62. The first-order chi connectivity index (χ1) is 10.0. The lowest BCUT2D eigenvalue weighted by molar-refractivity contribution is -0.176.